The number of nitrogens with zero attached hydrogens (tertiary/aromatic N) is 2. The highest BCUT2D eigenvalue weighted by Crippen LogP contribution is 2.66. The summed E-state index contributed by atoms with van der Waals surface area (Å²) in [6.45, 7) is 0.268. The number of fused-ring (bicyclic) bond motifs is 4. The number of carbonyl (C=O) groups excluding carboxylic acids is 4. The molecule has 1 N–H and O–H groups in total. The Kier molecular flexibility index (Phi) is 8.01. The number of halogens is 4. The second-order valence-corrected chi connectivity index (χ2v) is 15.0. The number of aromatic hydroxyl groups is 1. The molecule has 0 aromatic heterocycles. The molecular formula is C34H26BrCl2IN2O6. The molecule has 1 saturated carbocycles. The third kappa shape index (κ3) is 4.57. The molecule has 0 radical (unpaired) electrons. The molecule has 0 bridgehead atoms. The van der Waals surface area contributed by atoms with Crippen molar-refractivity contribution in [3.63, 3.8) is 0 Å². The van der Waals surface area contributed by atoms with Gasteiger partial charge in [-0.1, -0.05) is 64.0 Å². The number of hydrogen-bond acceptors (Lipinski definition) is 6. The van der Waals surface area contributed by atoms with Crippen molar-refractivity contribution < 1.29 is 29.0 Å². The number of anilines is 1. The van der Waals surface area contributed by atoms with Gasteiger partial charge >= 0.3 is 0 Å². The molecule has 3 fully saturated rings. The van der Waals surface area contributed by atoms with E-state index in [-0.39, 0.29) is 42.1 Å². The second-order valence-electron chi connectivity index (χ2n) is 12.0. The molecule has 8 nitrogen and oxygen atoms in total. The number of ether oxygens (including phenoxy) is 1. The van der Waals surface area contributed by atoms with Crippen LogP contribution in [0.5, 0.6) is 11.5 Å². The van der Waals surface area contributed by atoms with Gasteiger partial charge in [-0.25, -0.2) is 0 Å². The SMILES string of the molecule is O=C1[C@H]2[C@H](CC=C3[C@H]2C[C@@]2(Cl)C(=O)N(CBr)C(=O)[C@@]2(Cl)[C@H]3c2ccc(OCc3ccccc3)cc2O)C(=O)N1c1ccc(I)cc1. The van der Waals surface area contributed by atoms with Gasteiger partial charge < -0.3 is 9.84 Å². The van der Waals surface area contributed by atoms with Crippen LogP contribution in [0.25, 0.3) is 0 Å². The van der Waals surface area contributed by atoms with Crippen LogP contribution in [0.15, 0.2) is 84.4 Å². The number of imide groups is 2. The van der Waals surface area contributed by atoms with Crippen LogP contribution in [-0.4, -0.2) is 48.8 Å². The van der Waals surface area contributed by atoms with E-state index in [2.05, 4.69) is 38.5 Å². The van der Waals surface area contributed by atoms with E-state index in [9.17, 15) is 24.3 Å². The minimum absolute atomic E-state index is 0.131. The third-order valence-corrected chi connectivity index (χ3v) is 12.3. The summed E-state index contributed by atoms with van der Waals surface area (Å²) in [5.74, 6) is -5.20. The maximum Gasteiger partial charge on any atom is 0.254 e. The summed E-state index contributed by atoms with van der Waals surface area (Å²) in [5.41, 5.74) is 2.14. The van der Waals surface area contributed by atoms with E-state index in [1.807, 2.05) is 48.5 Å². The quantitative estimate of drug-likeness (QED) is 0.100. The van der Waals surface area contributed by atoms with E-state index in [0.29, 0.717) is 17.0 Å². The molecule has 2 aliphatic heterocycles. The minimum Gasteiger partial charge on any atom is -0.508 e. The summed E-state index contributed by atoms with van der Waals surface area (Å²) in [6.07, 6.45) is 1.94. The Balaban J connectivity index is 1.31. The van der Waals surface area contributed by atoms with Crippen molar-refractivity contribution in [2.24, 2.45) is 17.8 Å². The molecule has 4 amide bonds. The lowest BCUT2D eigenvalue weighted by Crippen LogP contribution is -2.60. The predicted octanol–water partition coefficient (Wildman–Crippen LogP) is 6.49. The van der Waals surface area contributed by atoms with Crippen molar-refractivity contribution in [3.05, 3.63) is 99.1 Å². The number of phenols is 1. The van der Waals surface area contributed by atoms with E-state index in [0.717, 1.165) is 14.0 Å². The molecule has 236 valence electrons. The van der Waals surface area contributed by atoms with Crippen molar-refractivity contribution >= 4 is 91.0 Å². The molecule has 0 unspecified atom stereocenters. The zero-order chi connectivity index (χ0) is 32.5. The minimum atomic E-state index is -2.01. The summed E-state index contributed by atoms with van der Waals surface area (Å²) in [4.78, 5) is 54.0. The second kappa shape index (κ2) is 11.6. The molecule has 3 aromatic rings. The molecule has 12 heteroatoms. The first-order valence-electron chi connectivity index (χ1n) is 14.6. The lowest BCUT2D eigenvalue weighted by atomic mass is 9.56. The number of hydrogen-bond donors (Lipinski definition) is 1. The summed E-state index contributed by atoms with van der Waals surface area (Å²) in [6, 6.07) is 21.4. The normalized spacial score (nSPS) is 30.2. The van der Waals surface area contributed by atoms with Gasteiger partial charge in [0.2, 0.25) is 11.8 Å². The van der Waals surface area contributed by atoms with Crippen LogP contribution in [0.1, 0.15) is 29.9 Å². The van der Waals surface area contributed by atoms with Crippen molar-refractivity contribution in [1.29, 1.82) is 0 Å². The number of likely N-dealkylation sites (tertiary alicyclic amines) is 1. The first-order chi connectivity index (χ1) is 22.0. The predicted molar refractivity (Wildman–Crippen MR) is 184 cm³/mol. The lowest BCUT2D eigenvalue weighted by molar-refractivity contribution is -0.138. The summed E-state index contributed by atoms with van der Waals surface area (Å²) < 4.78 is 6.87. The Hall–Kier alpha value is -2.93. The molecule has 4 aliphatic rings. The van der Waals surface area contributed by atoms with Gasteiger partial charge in [-0.3, -0.25) is 29.0 Å². The highest BCUT2D eigenvalue weighted by Gasteiger charge is 2.76. The number of rotatable bonds is 6. The fourth-order valence-corrected chi connectivity index (χ4v) is 9.32. The molecule has 0 spiro atoms. The van der Waals surface area contributed by atoms with Crippen molar-refractivity contribution in [2.45, 2.75) is 35.1 Å². The maximum atomic E-state index is 14.1. The Morgan fingerprint density at radius 1 is 0.935 bits per heavy atom. The number of phenolic OH excluding ortho intramolecular Hbond substituents is 1. The van der Waals surface area contributed by atoms with Crippen LogP contribution in [0.2, 0.25) is 0 Å². The van der Waals surface area contributed by atoms with E-state index >= 15 is 0 Å². The van der Waals surface area contributed by atoms with Gasteiger partial charge in [0, 0.05) is 21.1 Å². The molecule has 7 rings (SSSR count). The van der Waals surface area contributed by atoms with Gasteiger partial charge in [0.05, 0.1) is 23.0 Å². The fourth-order valence-electron chi connectivity index (χ4n) is 7.54. The molecule has 6 atom stereocenters. The van der Waals surface area contributed by atoms with Gasteiger partial charge in [-0.15, -0.1) is 23.2 Å². The van der Waals surface area contributed by atoms with Crippen molar-refractivity contribution in [3.8, 4) is 11.5 Å². The van der Waals surface area contributed by atoms with E-state index < -0.39 is 51.1 Å². The summed E-state index contributed by atoms with van der Waals surface area (Å²) in [5, 5.41) is 11.5. The van der Waals surface area contributed by atoms with Gasteiger partial charge in [0.1, 0.15) is 18.1 Å². The number of carbonyl (C=O) groups is 4. The van der Waals surface area contributed by atoms with Crippen LogP contribution in [0.4, 0.5) is 5.69 Å². The number of amides is 4. The Morgan fingerprint density at radius 3 is 2.33 bits per heavy atom. The van der Waals surface area contributed by atoms with Crippen LogP contribution in [0, 0.1) is 21.3 Å². The Labute approximate surface area is 296 Å². The van der Waals surface area contributed by atoms with Gasteiger partial charge in [-0.2, -0.15) is 0 Å². The molecule has 3 aromatic carbocycles. The molecule has 46 heavy (non-hydrogen) atoms. The first kappa shape index (κ1) is 31.7. The average Bonchev–Trinajstić information content (AvgIpc) is 3.39. The first-order valence-corrected chi connectivity index (χ1v) is 17.6. The fraction of sp³-hybridized carbons (Fsp3) is 0.294. The summed E-state index contributed by atoms with van der Waals surface area (Å²) in [7, 11) is 0. The van der Waals surface area contributed by atoms with Crippen LogP contribution in [-0.2, 0) is 25.8 Å². The van der Waals surface area contributed by atoms with Crippen LogP contribution in [0.3, 0.4) is 0 Å². The number of allylic oxidation sites excluding steroid dienone is 2. The average molecular weight is 836 g/mol. The maximum absolute atomic E-state index is 14.1. The van der Waals surface area contributed by atoms with E-state index in [1.54, 1.807) is 24.3 Å². The standard InChI is InChI=1S/C34H26BrCl2IN2O6/c35-17-39-31(44)33(36)15-25-22(12-13-24-27(25)30(43)40(29(24)42)20-8-6-19(38)7-9-20)28(34(33,37)32(39)45)23-11-10-21(14-26(23)41)46-16-18-4-2-1-3-5-18/h1-12,14,24-25,27-28,41H,13,15-17H2/t24-,25+,27-,28+,33+,34-/m0/s1. The summed E-state index contributed by atoms with van der Waals surface area (Å²) >= 11 is 20.0. The van der Waals surface area contributed by atoms with E-state index in [1.165, 1.54) is 11.0 Å². The number of alkyl halides is 3. The molecular weight excluding hydrogens is 810 g/mol. The number of benzene rings is 3. The smallest absolute Gasteiger partial charge is 0.254 e. The largest absolute Gasteiger partial charge is 0.508 e. The monoisotopic (exact) mass is 834 g/mol. The molecule has 2 saturated heterocycles. The van der Waals surface area contributed by atoms with E-state index in [4.69, 9.17) is 27.9 Å². The molecule has 2 aliphatic carbocycles. The van der Waals surface area contributed by atoms with Gasteiger partial charge in [-0.05, 0) is 77.2 Å². The van der Waals surface area contributed by atoms with Crippen LogP contribution >= 0.6 is 61.7 Å². The topological polar surface area (TPSA) is 104 Å². The third-order valence-electron chi connectivity index (χ3n) is 9.66. The van der Waals surface area contributed by atoms with Crippen LogP contribution < -0.4 is 9.64 Å². The molecule has 2 heterocycles. The van der Waals surface area contributed by atoms with Gasteiger partial charge in [0.25, 0.3) is 11.8 Å². The Bertz CT molecular complexity index is 1820. The zero-order valence-corrected chi connectivity index (χ0v) is 29.3. The highest BCUT2D eigenvalue weighted by molar-refractivity contribution is 14.1. The zero-order valence-electron chi connectivity index (χ0n) is 24.0. The highest BCUT2D eigenvalue weighted by atomic mass is 127. The van der Waals surface area contributed by atoms with Gasteiger partial charge in [0.15, 0.2) is 9.75 Å². The van der Waals surface area contributed by atoms with Crippen molar-refractivity contribution in [2.75, 3.05) is 10.4 Å². The van der Waals surface area contributed by atoms with Crippen molar-refractivity contribution in [1.82, 2.24) is 4.90 Å². The lowest BCUT2D eigenvalue weighted by Gasteiger charge is -2.50. The Morgan fingerprint density at radius 2 is 1.65 bits per heavy atom.